The van der Waals surface area contributed by atoms with Crippen LogP contribution in [0.25, 0.3) is 0 Å². The fourth-order valence-electron chi connectivity index (χ4n) is 3.47. The molecule has 1 saturated carbocycles. The van der Waals surface area contributed by atoms with Gasteiger partial charge in [-0.25, -0.2) is 0 Å². The Bertz CT molecular complexity index is 583. The molecule has 1 aromatic heterocycles. The van der Waals surface area contributed by atoms with Crippen LogP contribution in [0.2, 0.25) is 0 Å². The van der Waals surface area contributed by atoms with E-state index < -0.39 is 0 Å². The molecule has 1 amide bonds. The molecule has 2 aliphatic rings. The summed E-state index contributed by atoms with van der Waals surface area (Å²) in [4.78, 5) is 20.4. The first-order valence-corrected chi connectivity index (χ1v) is 10.0. The van der Waals surface area contributed by atoms with Gasteiger partial charge in [0, 0.05) is 37.0 Å². The van der Waals surface area contributed by atoms with E-state index in [1.54, 1.807) is 11.3 Å². The largest absolute Gasteiger partial charge is 0.357 e. The molecule has 25 heavy (non-hydrogen) atoms. The first-order valence-electron chi connectivity index (χ1n) is 9.14. The Labute approximate surface area is 171 Å². The van der Waals surface area contributed by atoms with Gasteiger partial charge in [0.25, 0.3) is 0 Å². The molecule has 0 spiro atoms. The smallest absolute Gasteiger partial charge is 0.224 e. The molecule has 7 heteroatoms. The molecular formula is C18H29IN4OS. The normalized spacial score (nSPS) is 17.8. The number of amides is 1. The second kappa shape index (κ2) is 10.4. The standard InChI is InChI=1S/C18H28N4OS.HI/c1-2-19-18(21-15-5-3-4-6-15)20-10-7-17(23)22-11-8-16-14(13-22)9-12-24-16;/h9,12,15H,2-8,10-11,13H2,1H3,(H2,19,20,21);1H. The van der Waals surface area contributed by atoms with Crippen molar-refractivity contribution in [2.75, 3.05) is 19.6 Å². The molecule has 2 N–H and O–H groups in total. The fraction of sp³-hybridized carbons (Fsp3) is 0.667. The van der Waals surface area contributed by atoms with Crippen LogP contribution >= 0.6 is 35.3 Å². The average molecular weight is 476 g/mol. The lowest BCUT2D eigenvalue weighted by Crippen LogP contribution is -2.42. The van der Waals surface area contributed by atoms with E-state index in [1.807, 2.05) is 4.90 Å². The van der Waals surface area contributed by atoms with Crippen LogP contribution in [0.5, 0.6) is 0 Å². The number of fused-ring (bicyclic) bond motifs is 1. The third-order valence-electron chi connectivity index (χ3n) is 4.80. The maximum Gasteiger partial charge on any atom is 0.224 e. The van der Waals surface area contributed by atoms with Crippen LogP contribution in [-0.2, 0) is 17.8 Å². The van der Waals surface area contributed by atoms with E-state index >= 15 is 0 Å². The van der Waals surface area contributed by atoms with Gasteiger partial charge in [-0.3, -0.25) is 9.79 Å². The number of rotatable bonds is 5. The number of aliphatic imine (C=N–C) groups is 1. The number of halogens is 1. The molecule has 5 nitrogen and oxygen atoms in total. The zero-order valence-electron chi connectivity index (χ0n) is 14.9. The molecule has 0 bridgehead atoms. The van der Waals surface area contributed by atoms with Crippen molar-refractivity contribution in [1.29, 1.82) is 0 Å². The van der Waals surface area contributed by atoms with Gasteiger partial charge in [0.15, 0.2) is 5.96 Å². The molecule has 0 atom stereocenters. The van der Waals surface area contributed by atoms with E-state index in [9.17, 15) is 4.79 Å². The lowest BCUT2D eigenvalue weighted by Gasteiger charge is -2.27. The lowest BCUT2D eigenvalue weighted by molar-refractivity contribution is -0.131. The summed E-state index contributed by atoms with van der Waals surface area (Å²) in [7, 11) is 0. The van der Waals surface area contributed by atoms with Crippen molar-refractivity contribution in [2.24, 2.45) is 4.99 Å². The molecule has 2 heterocycles. The molecule has 0 unspecified atom stereocenters. The van der Waals surface area contributed by atoms with Gasteiger partial charge in [-0.15, -0.1) is 35.3 Å². The monoisotopic (exact) mass is 476 g/mol. The number of hydrogen-bond acceptors (Lipinski definition) is 3. The van der Waals surface area contributed by atoms with Gasteiger partial charge in [0.2, 0.25) is 5.91 Å². The topological polar surface area (TPSA) is 56.7 Å². The Morgan fingerprint density at radius 1 is 1.40 bits per heavy atom. The number of nitrogens with one attached hydrogen (secondary N) is 2. The number of thiophene rings is 1. The second-order valence-electron chi connectivity index (χ2n) is 6.57. The van der Waals surface area contributed by atoms with Gasteiger partial charge >= 0.3 is 0 Å². The number of nitrogens with zero attached hydrogens (tertiary/aromatic N) is 2. The van der Waals surface area contributed by atoms with Crippen molar-refractivity contribution in [2.45, 2.75) is 58.0 Å². The van der Waals surface area contributed by atoms with Crippen LogP contribution in [0.3, 0.4) is 0 Å². The number of carbonyl (C=O) groups excluding carboxylic acids is 1. The van der Waals surface area contributed by atoms with E-state index in [1.165, 1.54) is 36.1 Å². The van der Waals surface area contributed by atoms with Crippen LogP contribution in [0.1, 0.15) is 49.5 Å². The summed E-state index contributed by atoms with van der Waals surface area (Å²) in [5, 5.41) is 8.91. The first-order chi connectivity index (χ1) is 11.8. The van der Waals surface area contributed by atoms with Gasteiger partial charge in [-0.1, -0.05) is 12.8 Å². The molecule has 1 aromatic rings. The van der Waals surface area contributed by atoms with Gasteiger partial charge in [-0.2, -0.15) is 0 Å². The van der Waals surface area contributed by atoms with Crippen molar-refractivity contribution in [3.8, 4) is 0 Å². The highest BCUT2D eigenvalue weighted by atomic mass is 127. The molecular weight excluding hydrogens is 447 g/mol. The van der Waals surface area contributed by atoms with Crippen molar-refractivity contribution < 1.29 is 4.79 Å². The zero-order valence-corrected chi connectivity index (χ0v) is 18.1. The molecule has 0 radical (unpaired) electrons. The first kappa shape index (κ1) is 20.5. The Kier molecular flexibility index (Phi) is 8.48. The summed E-state index contributed by atoms with van der Waals surface area (Å²) >= 11 is 1.80. The molecule has 0 saturated heterocycles. The highest BCUT2D eigenvalue weighted by Gasteiger charge is 2.21. The van der Waals surface area contributed by atoms with Crippen LogP contribution < -0.4 is 10.6 Å². The van der Waals surface area contributed by atoms with E-state index in [2.05, 4.69) is 34.0 Å². The Morgan fingerprint density at radius 2 is 2.20 bits per heavy atom. The van der Waals surface area contributed by atoms with Crippen LogP contribution in [0.4, 0.5) is 0 Å². The molecule has 1 fully saturated rings. The summed E-state index contributed by atoms with van der Waals surface area (Å²) in [5.41, 5.74) is 1.32. The molecule has 140 valence electrons. The van der Waals surface area contributed by atoms with Crippen LogP contribution in [0.15, 0.2) is 16.4 Å². The van der Waals surface area contributed by atoms with Crippen molar-refractivity contribution in [3.63, 3.8) is 0 Å². The molecule has 1 aliphatic heterocycles. The number of hydrogen-bond donors (Lipinski definition) is 2. The highest BCUT2D eigenvalue weighted by molar-refractivity contribution is 14.0. The van der Waals surface area contributed by atoms with E-state index in [0.29, 0.717) is 19.0 Å². The van der Waals surface area contributed by atoms with Gasteiger partial charge < -0.3 is 15.5 Å². The fourth-order valence-corrected chi connectivity index (χ4v) is 4.36. The Morgan fingerprint density at radius 3 is 2.96 bits per heavy atom. The number of carbonyl (C=O) groups is 1. The zero-order chi connectivity index (χ0) is 16.8. The SMILES string of the molecule is CCNC(=NCCC(=O)N1CCc2sccc2C1)NC1CCCC1.I. The lowest BCUT2D eigenvalue weighted by atomic mass is 10.1. The van der Waals surface area contributed by atoms with Gasteiger partial charge in [-0.05, 0) is 43.2 Å². The minimum atomic E-state index is 0. The Hall–Kier alpha value is -0.830. The average Bonchev–Trinajstić information content (AvgIpc) is 3.25. The van der Waals surface area contributed by atoms with Gasteiger partial charge in [0.1, 0.15) is 0 Å². The predicted octanol–water partition coefficient (Wildman–Crippen LogP) is 3.14. The molecule has 0 aromatic carbocycles. The van der Waals surface area contributed by atoms with E-state index in [-0.39, 0.29) is 29.9 Å². The predicted molar refractivity (Wildman–Crippen MR) is 115 cm³/mol. The third kappa shape index (κ3) is 5.84. The minimum absolute atomic E-state index is 0. The Balaban J connectivity index is 0.00000225. The highest BCUT2D eigenvalue weighted by Crippen LogP contribution is 2.24. The third-order valence-corrected chi connectivity index (χ3v) is 5.82. The molecule has 3 rings (SSSR count). The molecule has 1 aliphatic carbocycles. The summed E-state index contributed by atoms with van der Waals surface area (Å²) in [6.07, 6.45) is 6.53. The van der Waals surface area contributed by atoms with Crippen LogP contribution in [-0.4, -0.2) is 42.4 Å². The van der Waals surface area contributed by atoms with Gasteiger partial charge in [0.05, 0.1) is 6.54 Å². The minimum Gasteiger partial charge on any atom is -0.357 e. The second-order valence-corrected chi connectivity index (χ2v) is 7.57. The van der Waals surface area contributed by atoms with Crippen molar-refractivity contribution in [3.05, 3.63) is 21.9 Å². The quantitative estimate of drug-likeness (QED) is 0.390. The number of guanidine groups is 1. The van der Waals surface area contributed by atoms with Crippen molar-refractivity contribution >= 4 is 47.2 Å². The van der Waals surface area contributed by atoms with E-state index in [0.717, 1.165) is 32.0 Å². The maximum absolute atomic E-state index is 12.4. The summed E-state index contributed by atoms with van der Waals surface area (Å²) < 4.78 is 0. The summed E-state index contributed by atoms with van der Waals surface area (Å²) in [6, 6.07) is 2.68. The van der Waals surface area contributed by atoms with Crippen LogP contribution in [0, 0.1) is 0 Å². The maximum atomic E-state index is 12.4. The summed E-state index contributed by atoms with van der Waals surface area (Å²) in [6.45, 7) is 5.08. The summed E-state index contributed by atoms with van der Waals surface area (Å²) in [5.74, 6) is 1.07. The van der Waals surface area contributed by atoms with Crippen molar-refractivity contribution in [1.82, 2.24) is 15.5 Å². The van der Waals surface area contributed by atoms with E-state index in [4.69, 9.17) is 0 Å².